The second kappa shape index (κ2) is 6.26. The molecule has 1 rings (SSSR count). The Morgan fingerprint density at radius 1 is 1.26 bits per heavy atom. The normalized spacial score (nSPS) is 12.7. The topological polar surface area (TPSA) is 47.6 Å². The molecular weight excluding hydrogens is 351 g/mol. The van der Waals surface area contributed by atoms with Crippen molar-refractivity contribution in [2.24, 2.45) is 10.7 Å². The van der Waals surface area contributed by atoms with E-state index < -0.39 is 17.1 Å². The number of alkyl halides is 4. The summed E-state index contributed by atoms with van der Waals surface area (Å²) in [6.45, 7) is 0. The van der Waals surface area contributed by atoms with E-state index in [1.807, 2.05) is 0 Å². The molecule has 0 heterocycles. The fourth-order valence-corrected chi connectivity index (χ4v) is 1.80. The number of nitrogens with zero attached hydrogens (tertiary/aromatic N) is 1. The molecule has 0 bridgehead atoms. The van der Waals surface area contributed by atoms with Crippen LogP contribution in [0, 0.1) is 0 Å². The van der Waals surface area contributed by atoms with E-state index in [1.165, 1.54) is 0 Å². The van der Waals surface area contributed by atoms with Gasteiger partial charge in [0.1, 0.15) is 16.5 Å². The minimum absolute atomic E-state index is 0.0222. The first-order chi connectivity index (χ1) is 8.65. The zero-order valence-corrected chi connectivity index (χ0v) is 11.9. The maximum absolute atomic E-state index is 12.1. The van der Waals surface area contributed by atoms with Gasteiger partial charge in [-0.3, -0.25) is 0 Å². The Kier molecular flexibility index (Phi) is 5.43. The van der Waals surface area contributed by atoms with Crippen LogP contribution in [-0.2, 0) is 0 Å². The van der Waals surface area contributed by atoms with E-state index in [-0.39, 0.29) is 27.4 Å². The minimum Gasteiger partial charge on any atom is -0.404 e. The van der Waals surface area contributed by atoms with E-state index >= 15 is 0 Å². The summed E-state index contributed by atoms with van der Waals surface area (Å²) in [5.74, 6) is -0.857. The minimum atomic E-state index is -4.92. The van der Waals surface area contributed by atoms with Crippen molar-refractivity contribution >= 4 is 57.9 Å². The van der Waals surface area contributed by atoms with Gasteiger partial charge in [0.15, 0.2) is 5.75 Å². The van der Waals surface area contributed by atoms with Gasteiger partial charge in [-0.2, -0.15) is 0 Å². The largest absolute Gasteiger partial charge is 0.573 e. The van der Waals surface area contributed by atoms with Crippen molar-refractivity contribution in [3.8, 4) is 5.75 Å². The van der Waals surface area contributed by atoms with Gasteiger partial charge in [0.05, 0.1) is 15.9 Å². The van der Waals surface area contributed by atoms with Crippen molar-refractivity contribution in [2.75, 3.05) is 5.88 Å². The predicted octanol–water partition coefficient (Wildman–Crippen LogP) is 4.77. The number of hydrogen-bond donors (Lipinski definition) is 1. The maximum atomic E-state index is 12.1. The van der Waals surface area contributed by atoms with Crippen LogP contribution in [0.25, 0.3) is 0 Å². The van der Waals surface area contributed by atoms with Gasteiger partial charge in [-0.25, -0.2) is 4.99 Å². The number of nitrogens with two attached hydrogens (primary N) is 1. The molecule has 0 aliphatic heterocycles. The average molecular weight is 356 g/mol. The number of amidine groups is 1. The molecule has 3 nitrogen and oxygen atoms in total. The summed E-state index contributed by atoms with van der Waals surface area (Å²) in [6.07, 6.45) is -4.92. The van der Waals surface area contributed by atoms with Crippen LogP contribution in [-0.4, -0.2) is 18.1 Å². The maximum Gasteiger partial charge on any atom is 0.573 e. The van der Waals surface area contributed by atoms with Crippen LogP contribution in [0.3, 0.4) is 0 Å². The smallest absolute Gasteiger partial charge is 0.404 e. The van der Waals surface area contributed by atoms with Crippen LogP contribution in [0.4, 0.5) is 18.9 Å². The Morgan fingerprint density at radius 2 is 1.84 bits per heavy atom. The molecule has 0 saturated carbocycles. The Hall–Kier alpha value is -0.560. The highest BCUT2D eigenvalue weighted by Gasteiger charge is 2.33. The van der Waals surface area contributed by atoms with Crippen LogP contribution >= 0.6 is 46.4 Å². The summed E-state index contributed by atoms with van der Waals surface area (Å²) in [4.78, 5) is 3.75. The zero-order valence-electron chi connectivity index (χ0n) is 8.86. The van der Waals surface area contributed by atoms with Crippen LogP contribution in [0.2, 0.25) is 15.1 Å². The number of hydrogen-bond acceptors (Lipinski definition) is 2. The highest BCUT2D eigenvalue weighted by molar-refractivity contribution is 6.47. The molecule has 0 atom stereocenters. The molecule has 1 aromatic carbocycles. The van der Waals surface area contributed by atoms with Gasteiger partial charge in [0.2, 0.25) is 0 Å². The fourth-order valence-electron chi connectivity index (χ4n) is 1.04. The number of aliphatic imine (C=N–C) groups is 1. The highest BCUT2D eigenvalue weighted by Crippen LogP contribution is 2.45. The number of halogens is 7. The molecule has 0 aliphatic carbocycles. The molecule has 0 radical (unpaired) electrons. The van der Waals surface area contributed by atoms with E-state index in [4.69, 9.17) is 52.1 Å². The molecule has 0 aromatic heterocycles. The number of rotatable bonds is 3. The van der Waals surface area contributed by atoms with E-state index in [0.29, 0.717) is 0 Å². The SMILES string of the molecule is NC(CCl)=Nc1c(Cl)cc(OC(F)(F)F)c(Cl)c1Cl. The summed E-state index contributed by atoms with van der Waals surface area (Å²) in [7, 11) is 0. The van der Waals surface area contributed by atoms with E-state index in [0.717, 1.165) is 6.07 Å². The van der Waals surface area contributed by atoms with Crippen molar-refractivity contribution in [1.29, 1.82) is 0 Å². The van der Waals surface area contributed by atoms with Gasteiger partial charge in [-0.1, -0.05) is 34.8 Å². The highest BCUT2D eigenvalue weighted by atomic mass is 35.5. The first kappa shape index (κ1) is 16.5. The third kappa shape index (κ3) is 4.49. The molecule has 0 aliphatic rings. The van der Waals surface area contributed by atoms with Gasteiger partial charge in [0.25, 0.3) is 0 Å². The zero-order chi connectivity index (χ0) is 14.8. The summed E-state index contributed by atoms with van der Waals surface area (Å²) >= 11 is 22.6. The molecule has 0 unspecified atom stereocenters. The third-order valence-corrected chi connectivity index (χ3v) is 3.12. The van der Waals surface area contributed by atoms with Gasteiger partial charge < -0.3 is 10.5 Å². The molecule has 2 N–H and O–H groups in total. The van der Waals surface area contributed by atoms with Crippen LogP contribution in [0.1, 0.15) is 0 Å². The van der Waals surface area contributed by atoms with Crippen molar-refractivity contribution < 1.29 is 17.9 Å². The van der Waals surface area contributed by atoms with Gasteiger partial charge in [0, 0.05) is 6.07 Å². The van der Waals surface area contributed by atoms with E-state index in [1.54, 1.807) is 0 Å². The average Bonchev–Trinajstić information content (AvgIpc) is 2.29. The lowest BCUT2D eigenvalue weighted by Gasteiger charge is -2.13. The van der Waals surface area contributed by atoms with Gasteiger partial charge in [-0.15, -0.1) is 24.8 Å². The molecule has 106 valence electrons. The molecule has 0 amide bonds. The van der Waals surface area contributed by atoms with E-state index in [2.05, 4.69) is 9.73 Å². The van der Waals surface area contributed by atoms with Crippen molar-refractivity contribution in [3.05, 3.63) is 21.1 Å². The fraction of sp³-hybridized carbons (Fsp3) is 0.222. The second-order valence-corrected chi connectivity index (χ2v) is 4.55. The van der Waals surface area contributed by atoms with Crippen LogP contribution < -0.4 is 10.5 Å². The lowest BCUT2D eigenvalue weighted by atomic mass is 10.3. The van der Waals surface area contributed by atoms with Gasteiger partial charge in [-0.05, 0) is 0 Å². The Balaban J connectivity index is 3.31. The van der Waals surface area contributed by atoms with Crippen molar-refractivity contribution in [3.63, 3.8) is 0 Å². The molecule has 10 heteroatoms. The van der Waals surface area contributed by atoms with Crippen molar-refractivity contribution in [2.45, 2.75) is 6.36 Å². The molecule has 0 saturated heterocycles. The molecule has 0 spiro atoms. The first-order valence-corrected chi connectivity index (χ1v) is 6.14. The van der Waals surface area contributed by atoms with Crippen LogP contribution in [0.5, 0.6) is 5.75 Å². The van der Waals surface area contributed by atoms with E-state index in [9.17, 15) is 13.2 Å². The number of ether oxygens (including phenoxy) is 1. The molecule has 19 heavy (non-hydrogen) atoms. The van der Waals surface area contributed by atoms with Gasteiger partial charge >= 0.3 is 6.36 Å². The molecular formula is C9H5Cl4F3N2O. The molecule has 0 fully saturated rings. The summed E-state index contributed by atoms with van der Waals surface area (Å²) < 4.78 is 40.0. The number of benzene rings is 1. The monoisotopic (exact) mass is 354 g/mol. The van der Waals surface area contributed by atoms with Crippen molar-refractivity contribution in [1.82, 2.24) is 0 Å². The third-order valence-electron chi connectivity index (χ3n) is 1.72. The summed E-state index contributed by atoms with van der Waals surface area (Å²) in [6, 6.07) is 0.837. The van der Waals surface area contributed by atoms with Crippen LogP contribution in [0.15, 0.2) is 11.1 Å². The second-order valence-electron chi connectivity index (χ2n) is 3.12. The standard InChI is InChI=1S/C9H5Cl4F3N2O/c10-2-5(17)18-8-3(11)1-4(6(12)7(8)13)19-9(14,15)16/h1H,2H2,(H2,17,18). The summed E-state index contributed by atoms with van der Waals surface area (Å²) in [5.41, 5.74) is 5.30. The quantitative estimate of drug-likeness (QED) is 0.367. The molecule has 1 aromatic rings. The first-order valence-electron chi connectivity index (χ1n) is 4.48. The Morgan fingerprint density at radius 3 is 2.32 bits per heavy atom. The lowest BCUT2D eigenvalue weighted by molar-refractivity contribution is -0.274. The Labute approximate surface area is 126 Å². The Bertz CT molecular complexity index is 519. The summed E-state index contributed by atoms with van der Waals surface area (Å²) in [5, 5.41) is -1.01. The predicted molar refractivity (Wildman–Crippen MR) is 70.2 cm³/mol. The lowest BCUT2D eigenvalue weighted by Crippen LogP contribution is -2.17.